The summed E-state index contributed by atoms with van der Waals surface area (Å²) in [7, 11) is -3.71. The summed E-state index contributed by atoms with van der Waals surface area (Å²) in [5.74, 6) is -1.17. The number of carbonyl (C=O) groups is 1. The first-order valence-corrected chi connectivity index (χ1v) is 8.37. The van der Waals surface area contributed by atoms with Gasteiger partial charge in [-0.15, -0.1) is 11.3 Å². The van der Waals surface area contributed by atoms with E-state index in [0.717, 1.165) is 9.98 Å². The highest BCUT2D eigenvalue weighted by Gasteiger charge is 2.19. The summed E-state index contributed by atoms with van der Waals surface area (Å²) in [6, 6.07) is 4.10. The third-order valence-electron chi connectivity index (χ3n) is 2.37. The first kappa shape index (κ1) is 14.9. The van der Waals surface area contributed by atoms with E-state index in [-0.39, 0.29) is 16.3 Å². The monoisotopic (exact) mass is 376 g/mol. The maximum atomic E-state index is 12.2. The summed E-state index contributed by atoms with van der Waals surface area (Å²) in [4.78, 5) is 15.1. The Morgan fingerprint density at radius 2 is 2.15 bits per heavy atom. The highest BCUT2D eigenvalue weighted by Crippen LogP contribution is 2.30. The van der Waals surface area contributed by atoms with Crippen LogP contribution in [-0.4, -0.2) is 24.5 Å². The van der Waals surface area contributed by atoms with Crippen molar-refractivity contribution in [3.05, 3.63) is 38.8 Å². The second-order valence-electron chi connectivity index (χ2n) is 3.81. The minimum Gasteiger partial charge on any atom is -0.477 e. The molecule has 0 aliphatic carbocycles. The number of halogens is 1. The summed E-state index contributed by atoms with van der Waals surface area (Å²) in [5.41, 5.74) is 0.0547. The van der Waals surface area contributed by atoms with Gasteiger partial charge in [0, 0.05) is 4.88 Å². The topological polar surface area (TPSA) is 96.4 Å². The molecule has 0 aliphatic rings. The van der Waals surface area contributed by atoms with Crippen LogP contribution in [-0.2, 0) is 10.0 Å². The van der Waals surface area contributed by atoms with Gasteiger partial charge in [0.25, 0.3) is 10.0 Å². The second-order valence-corrected chi connectivity index (χ2v) is 8.10. The molecule has 0 spiro atoms. The molecule has 0 aliphatic heterocycles. The number of thiophene rings is 1. The Kier molecular flexibility index (Phi) is 4.11. The van der Waals surface area contributed by atoms with E-state index in [1.54, 1.807) is 6.92 Å². The average Bonchev–Trinajstić information content (AvgIpc) is 2.69. The predicted molar refractivity (Wildman–Crippen MR) is 78.8 cm³/mol. The molecular formula is C11H9BrN2O4S2. The van der Waals surface area contributed by atoms with Crippen LogP contribution >= 0.6 is 27.3 Å². The van der Waals surface area contributed by atoms with E-state index in [9.17, 15) is 13.2 Å². The molecule has 2 rings (SSSR count). The number of pyridine rings is 1. The molecular weight excluding hydrogens is 368 g/mol. The minimum atomic E-state index is -3.71. The van der Waals surface area contributed by atoms with Crippen molar-refractivity contribution in [3.8, 4) is 0 Å². The van der Waals surface area contributed by atoms with Gasteiger partial charge in [-0.25, -0.2) is 18.2 Å². The number of hydrogen-bond acceptors (Lipinski definition) is 5. The lowest BCUT2D eigenvalue weighted by Crippen LogP contribution is -2.13. The largest absolute Gasteiger partial charge is 0.477 e. The number of rotatable bonds is 4. The minimum absolute atomic E-state index is 0.151. The van der Waals surface area contributed by atoms with Crippen LogP contribution in [0, 0.1) is 6.92 Å². The van der Waals surface area contributed by atoms with Gasteiger partial charge in [-0.3, -0.25) is 4.72 Å². The van der Waals surface area contributed by atoms with Crippen LogP contribution in [0.3, 0.4) is 0 Å². The fourth-order valence-electron chi connectivity index (χ4n) is 1.49. The SMILES string of the molecule is Cc1sc(Br)cc1S(=O)(=O)Nc1ccc(C(=O)O)nc1. The maximum Gasteiger partial charge on any atom is 0.354 e. The van der Waals surface area contributed by atoms with Crippen molar-refractivity contribution in [2.24, 2.45) is 0 Å². The molecule has 2 aromatic rings. The molecule has 106 valence electrons. The number of carboxylic acids is 1. The predicted octanol–water partition coefficient (Wildman–Crippen LogP) is 2.71. The van der Waals surface area contributed by atoms with Crippen molar-refractivity contribution in [2.45, 2.75) is 11.8 Å². The van der Waals surface area contributed by atoms with E-state index in [2.05, 4.69) is 25.6 Å². The van der Waals surface area contributed by atoms with Gasteiger partial charge in [0.15, 0.2) is 0 Å². The Labute approximate surface area is 127 Å². The van der Waals surface area contributed by atoms with Crippen LogP contribution in [0.4, 0.5) is 5.69 Å². The van der Waals surface area contributed by atoms with Crippen molar-refractivity contribution in [2.75, 3.05) is 4.72 Å². The highest BCUT2D eigenvalue weighted by molar-refractivity contribution is 9.11. The van der Waals surface area contributed by atoms with Gasteiger partial charge in [-0.2, -0.15) is 0 Å². The van der Waals surface area contributed by atoms with Gasteiger partial charge in [0.2, 0.25) is 0 Å². The Morgan fingerprint density at radius 3 is 2.60 bits per heavy atom. The molecule has 0 saturated carbocycles. The molecule has 20 heavy (non-hydrogen) atoms. The summed E-state index contributed by atoms with van der Waals surface area (Å²) in [6.07, 6.45) is 1.16. The number of nitrogens with one attached hydrogen (secondary N) is 1. The van der Waals surface area contributed by atoms with Crippen LogP contribution in [0.1, 0.15) is 15.4 Å². The van der Waals surface area contributed by atoms with Crippen molar-refractivity contribution in [1.29, 1.82) is 0 Å². The summed E-state index contributed by atoms with van der Waals surface area (Å²) >= 11 is 4.55. The number of sulfonamides is 1. The Morgan fingerprint density at radius 1 is 1.45 bits per heavy atom. The third-order valence-corrected chi connectivity index (χ3v) is 5.56. The van der Waals surface area contributed by atoms with Crippen LogP contribution in [0.25, 0.3) is 0 Å². The first-order valence-electron chi connectivity index (χ1n) is 5.28. The van der Waals surface area contributed by atoms with Gasteiger partial charge in [-0.1, -0.05) is 0 Å². The van der Waals surface area contributed by atoms with E-state index >= 15 is 0 Å². The molecule has 9 heteroatoms. The number of carboxylic acid groups (broad SMARTS) is 1. The van der Waals surface area contributed by atoms with Crippen LogP contribution < -0.4 is 4.72 Å². The molecule has 0 amide bonds. The molecule has 0 aromatic carbocycles. The third kappa shape index (κ3) is 3.17. The number of aromatic carboxylic acids is 1. The summed E-state index contributed by atoms with van der Waals surface area (Å²) in [6.45, 7) is 1.70. The highest BCUT2D eigenvalue weighted by atomic mass is 79.9. The molecule has 0 fully saturated rings. The molecule has 6 nitrogen and oxygen atoms in total. The number of hydrogen-bond donors (Lipinski definition) is 2. The van der Waals surface area contributed by atoms with Gasteiger partial charge in [-0.05, 0) is 41.1 Å². The van der Waals surface area contributed by atoms with Crippen LogP contribution in [0.15, 0.2) is 33.1 Å². The first-order chi connectivity index (χ1) is 9.29. The molecule has 0 atom stereocenters. The van der Waals surface area contributed by atoms with Crippen LogP contribution in [0.2, 0.25) is 0 Å². The Bertz CT molecular complexity index is 753. The van der Waals surface area contributed by atoms with E-state index in [1.165, 1.54) is 29.5 Å². The zero-order valence-corrected chi connectivity index (χ0v) is 13.3. The quantitative estimate of drug-likeness (QED) is 0.854. The van der Waals surface area contributed by atoms with Gasteiger partial charge in [0.05, 0.1) is 15.7 Å². The summed E-state index contributed by atoms with van der Waals surface area (Å²) < 4.78 is 27.4. The van der Waals surface area contributed by atoms with Gasteiger partial charge in [0.1, 0.15) is 10.6 Å². The molecule has 2 N–H and O–H groups in total. The lowest BCUT2D eigenvalue weighted by Gasteiger charge is -2.07. The molecule has 0 bridgehead atoms. The van der Waals surface area contributed by atoms with E-state index in [1.807, 2.05) is 0 Å². The molecule has 0 radical (unpaired) electrons. The van der Waals surface area contributed by atoms with E-state index in [4.69, 9.17) is 5.11 Å². The van der Waals surface area contributed by atoms with Crippen LogP contribution in [0.5, 0.6) is 0 Å². The second kappa shape index (κ2) is 5.51. The standard InChI is InChI=1S/C11H9BrN2O4S2/c1-6-9(4-10(12)19-6)20(17,18)14-7-2-3-8(11(15)16)13-5-7/h2-5,14H,1H3,(H,15,16). The molecule has 2 heterocycles. The lowest BCUT2D eigenvalue weighted by molar-refractivity contribution is 0.0690. The number of anilines is 1. The fraction of sp³-hybridized carbons (Fsp3) is 0.0909. The molecule has 0 saturated heterocycles. The number of aryl methyl sites for hydroxylation is 1. The fourth-order valence-corrected chi connectivity index (χ4v) is 4.95. The number of aromatic nitrogens is 1. The van der Waals surface area contributed by atoms with E-state index < -0.39 is 16.0 Å². The van der Waals surface area contributed by atoms with E-state index in [0.29, 0.717) is 4.88 Å². The number of nitrogens with zero attached hydrogens (tertiary/aromatic N) is 1. The molecule has 2 aromatic heterocycles. The summed E-state index contributed by atoms with van der Waals surface area (Å²) in [5, 5.41) is 8.72. The average molecular weight is 377 g/mol. The smallest absolute Gasteiger partial charge is 0.354 e. The van der Waals surface area contributed by atoms with Crippen molar-refractivity contribution in [3.63, 3.8) is 0 Å². The van der Waals surface area contributed by atoms with Gasteiger partial charge >= 0.3 is 5.97 Å². The van der Waals surface area contributed by atoms with Gasteiger partial charge < -0.3 is 5.11 Å². The van der Waals surface area contributed by atoms with Crippen molar-refractivity contribution < 1.29 is 18.3 Å². The Hall–Kier alpha value is -1.45. The van der Waals surface area contributed by atoms with Crippen molar-refractivity contribution >= 4 is 48.9 Å². The normalized spacial score (nSPS) is 11.3. The maximum absolute atomic E-state index is 12.2. The Balaban J connectivity index is 2.28. The lowest BCUT2D eigenvalue weighted by atomic mass is 10.3. The zero-order valence-electron chi connectivity index (χ0n) is 10.1. The zero-order chi connectivity index (χ0) is 14.9. The van der Waals surface area contributed by atoms with Crippen molar-refractivity contribution in [1.82, 2.24) is 4.98 Å². The molecule has 0 unspecified atom stereocenters.